The summed E-state index contributed by atoms with van der Waals surface area (Å²) in [6.07, 6.45) is 1.24. The number of rotatable bonds is 7. The van der Waals surface area contributed by atoms with E-state index in [-0.39, 0.29) is 0 Å². The molecule has 1 heterocycles. The smallest absolute Gasteiger partial charge is 0.194 e. The Morgan fingerprint density at radius 3 is 2.58 bits per heavy atom. The van der Waals surface area contributed by atoms with Gasteiger partial charge in [0.1, 0.15) is 5.75 Å². The molecule has 134 valence electrons. The normalized spacial score (nSPS) is 18.4. The van der Waals surface area contributed by atoms with E-state index >= 15 is 0 Å². The number of hydrogen-bond acceptors (Lipinski definition) is 3. The lowest BCUT2D eigenvalue weighted by Crippen LogP contribution is -2.40. The van der Waals surface area contributed by atoms with E-state index in [4.69, 9.17) is 4.99 Å². The van der Waals surface area contributed by atoms with Gasteiger partial charge >= 0.3 is 0 Å². The highest BCUT2D eigenvalue weighted by Gasteiger charge is 2.25. The van der Waals surface area contributed by atoms with E-state index in [1.807, 2.05) is 12.1 Å². The molecule has 0 bridgehead atoms. The number of phenols is 1. The molecule has 0 aromatic heterocycles. The molecule has 1 aliphatic rings. The van der Waals surface area contributed by atoms with Crippen LogP contribution >= 0.6 is 0 Å². The molecule has 0 saturated carbocycles. The predicted octanol–water partition coefficient (Wildman–Crippen LogP) is 2.52. The first-order valence-electron chi connectivity index (χ1n) is 9.19. The van der Waals surface area contributed by atoms with Gasteiger partial charge < -0.3 is 20.2 Å². The van der Waals surface area contributed by atoms with Gasteiger partial charge in [-0.1, -0.05) is 26.0 Å². The molecule has 0 spiro atoms. The third-order valence-corrected chi connectivity index (χ3v) is 4.68. The van der Waals surface area contributed by atoms with E-state index in [0.717, 1.165) is 50.2 Å². The number of likely N-dealkylation sites (tertiary alicyclic amines) is 1. The van der Waals surface area contributed by atoms with Crippen molar-refractivity contribution < 1.29 is 5.11 Å². The molecule has 5 nitrogen and oxygen atoms in total. The lowest BCUT2D eigenvalue weighted by molar-refractivity contribution is 0.255. The van der Waals surface area contributed by atoms with Crippen molar-refractivity contribution in [2.45, 2.75) is 33.7 Å². The molecule has 24 heavy (non-hydrogen) atoms. The van der Waals surface area contributed by atoms with Crippen molar-refractivity contribution in [3.8, 4) is 5.75 Å². The monoisotopic (exact) mass is 332 g/mol. The maximum atomic E-state index is 9.37. The Morgan fingerprint density at radius 1 is 1.25 bits per heavy atom. The molecule has 1 aliphatic heterocycles. The molecule has 0 amide bonds. The van der Waals surface area contributed by atoms with Crippen LogP contribution in [0.15, 0.2) is 29.3 Å². The fraction of sp³-hybridized carbons (Fsp3) is 0.632. The summed E-state index contributed by atoms with van der Waals surface area (Å²) < 4.78 is 0. The molecule has 1 aromatic carbocycles. The van der Waals surface area contributed by atoms with E-state index in [2.05, 4.69) is 35.9 Å². The van der Waals surface area contributed by atoms with Crippen LogP contribution in [0.3, 0.4) is 0 Å². The average molecular weight is 332 g/mol. The maximum absolute atomic E-state index is 9.37. The molecule has 1 unspecified atom stereocenters. The lowest BCUT2D eigenvalue weighted by Gasteiger charge is -2.24. The van der Waals surface area contributed by atoms with Gasteiger partial charge in [0.2, 0.25) is 0 Å². The lowest BCUT2D eigenvalue weighted by atomic mass is 10.1. The molecule has 2 N–H and O–H groups in total. The summed E-state index contributed by atoms with van der Waals surface area (Å²) in [5.41, 5.74) is 1.11. The molecule has 2 rings (SSSR count). The molecule has 1 atom stereocenters. The topological polar surface area (TPSA) is 51.1 Å². The second-order valence-corrected chi connectivity index (χ2v) is 6.42. The number of hydrogen-bond donors (Lipinski definition) is 2. The second kappa shape index (κ2) is 9.52. The minimum atomic E-state index is 0.299. The van der Waals surface area contributed by atoms with Gasteiger partial charge in [-0.05, 0) is 50.0 Å². The van der Waals surface area contributed by atoms with Crippen molar-refractivity contribution in [1.82, 2.24) is 15.1 Å². The number of aromatic hydroxyl groups is 1. The Labute approximate surface area is 146 Å². The van der Waals surface area contributed by atoms with E-state index < -0.39 is 0 Å². The molecule has 0 aliphatic carbocycles. The van der Waals surface area contributed by atoms with E-state index in [0.29, 0.717) is 12.3 Å². The Bertz CT molecular complexity index is 511. The number of nitrogens with zero attached hydrogens (tertiary/aromatic N) is 3. The van der Waals surface area contributed by atoms with Crippen molar-refractivity contribution in [2.24, 2.45) is 10.9 Å². The standard InChI is InChI=1S/C19H32N4O/c1-4-20-19(21-13-16-7-9-18(24)10-8-16)23-12-11-17(15-23)14-22(5-2)6-3/h7-10,17,24H,4-6,11-15H2,1-3H3,(H,20,21). The van der Waals surface area contributed by atoms with Crippen molar-refractivity contribution in [1.29, 1.82) is 0 Å². The molecule has 1 saturated heterocycles. The number of guanidine groups is 1. The first-order chi connectivity index (χ1) is 11.7. The minimum Gasteiger partial charge on any atom is -0.508 e. The predicted molar refractivity (Wildman–Crippen MR) is 100 cm³/mol. The van der Waals surface area contributed by atoms with Gasteiger partial charge in [0.15, 0.2) is 5.96 Å². The molecule has 5 heteroatoms. The van der Waals surface area contributed by atoms with Gasteiger partial charge in [-0.3, -0.25) is 0 Å². The van der Waals surface area contributed by atoms with Crippen LogP contribution < -0.4 is 5.32 Å². The number of benzene rings is 1. The Morgan fingerprint density at radius 2 is 1.96 bits per heavy atom. The quantitative estimate of drug-likeness (QED) is 0.595. The van der Waals surface area contributed by atoms with Crippen molar-refractivity contribution in [2.75, 3.05) is 39.3 Å². The molecular weight excluding hydrogens is 300 g/mol. The number of nitrogens with one attached hydrogen (secondary N) is 1. The fourth-order valence-electron chi connectivity index (χ4n) is 3.21. The summed E-state index contributed by atoms with van der Waals surface area (Å²) in [4.78, 5) is 9.68. The number of phenolic OH excluding ortho intramolecular Hbond substituents is 1. The van der Waals surface area contributed by atoms with Crippen molar-refractivity contribution in [3.63, 3.8) is 0 Å². The van der Waals surface area contributed by atoms with E-state index in [9.17, 15) is 5.11 Å². The summed E-state index contributed by atoms with van der Waals surface area (Å²) in [5.74, 6) is 2.03. The largest absolute Gasteiger partial charge is 0.508 e. The van der Waals surface area contributed by atoms with Crippen LogP contribution in [0, 0.1) is 5.92 Å². The van der Waals surface area contributed by atoms with Crippen molar-refractivity contribution in [3.05, 3.63) is 29.8 Å². The van der Waals surface area contributed by atoms with Crippen LogP contribution in [0.2, 0.25) is 0 Å². The Kier molecular flexibility index (Phi) is 7.37. The van der Waals surface area contributed by atoms with Gasteiger partial charge in [-0.2, -0.15) is 0 Å². The molecule has 1 fully saturated rings. The zero-order valence-electron chi connectivity index (χ0n) is 15.3. The first-order valence-corrected chi connectivity index (χ1v) is 9.19. The average Bonchev–Trinajstić information content (AvgIpc) is 3.06. The SMILES string of the molecule is CCNC(=NCc1ccc(O)cc1)N1CCC(CN(CC)CC)C1. The highest BCUT2D eigenvalue weighted by atomic mass is 16.3. The van der Waals surface area contributed by atoms with Crippen LogP contribution in [0.25, 0.3) is 0 Å². The molecule has 1 aromatic rings. The Hall–Kier alpha value is -1.75. The van der Waals surface area contributed by atoms with E-state index in [1.54, 1.807) is 12.1 Å². The summed E-state index contributed by atoms with van der Waals surface area (Å²) >= 11 is 0. The van der Waals surface area contributed by atoms with Crippen molar-refractivity contribution >= 4 is 5.96 Å². The fourth-order valence-corrected chi connectivity index (χ4v) is 3.21. The zero-order chi connectivity index (χ0) is 17.4. The van der Waals surface area contributed by atoms with Crippen LogP contribution in [0.1, 0.15) is 32.8 Å². The van der Waals surface area contributed by atoms with Gasteiger partial charge in [0.25, 0.3) is 0 Å². The van der Waals surface area contributed by atoms with Crippen LogP contribution in [0.5, 0.6) is 5.75 Å². The van der Waals surface area contributed by atoms with Crippen LogP contribution in [-0.2, 0) is 6.54 Å². The first kappa shape index (κ1) is 18.6. The minimum absolute atomic E-state index is 0.299. The molecule has 0 radical (unpaired) electrons. The summed E-state index contributed by atoms with van der Waals surface area (Å²) in [6, 6.07) is 7.28. The maximum Gasteiger partial charge on any atom is 0.194 e. The van der Waals surface area contributed by atoms with Gasteiger partial charge in [0, 0.05) is 26.2 Å². The highest BCUT2D eigenvalue weighted by molar-refractivity contribution is 5.80. The van der Waals surface area contributed by atoms with Crippen LogP contribution in [0.4, 0.5) is 0 Å². The summed E-state index contributed by atoms with van der Waals surface area (Å²) in [5, 5.41) is 12.8. The van der Waals surface area contributed by atoms with Gasteiger partial charge in [0.05, 0.1) is 6.54 Å². The van der Waals surface area contributed by atoms with Crippen LogP contribution in [-0.4, -0.2) is 60.1 Å². The number of aliphatic imine (C=N–C) groups is 1. The summed E-state index contributed by atoms with van der Waals surface area (Å²) in [6.45, 7) is 13.7. The zero-order valence-corrected chi connectivity index (χ0v) is 15.3. The third-order valence-electron chi connectivity index (χ3n) is 4.68. The summed E-state index contributed by atoms with van der Waals surface area (Å²) in [7, 11) is 0. The molecular formula is C19H32N4O. The third kappa shape index (κ3) is 5.41. The van der Waals surface area contributed by atoms with Gasteiger partial charge in [-0.25, -0.2) is 4.99 Å². The van der Waals surface area contributed by atoms with E-state index in [1.165, 1.54) is 13.0 Å². The van der Waals surface area contributed by atoms with Gasteiger partial charge in [-0.15, -0.1) is 0 Å². The Balaban J connectivity index is 1.94. The second-order valence-electron chi connectivity index (χ2n) is 6.42. The highest BCUT2D eigenvalue weighted by Crippen LogP contribution is 2.18.